The smallest absolute Gasteiger partial charge is 0.138 e. The molecule has 88 valence electrons. The van der Waals surface area contributed by atoms with Gasteiger partial charge in [0.1, 0.15) is 5.78 Å². The highest BCUT2D eigenvalue weighted by molar-refractivity contribution is 6.00. The molecule has 0 aromatic carbocycles. The number of carbonyl (C=O) groups is 1. The molecule has 0 saturated heterocycles. The molecule has 0 spiro atoms. The Labute approximate surface area is 93.6 Å². The van der Waals surface area contributed by atoms with Gasteiger partial charge >= 0.3 is 0 Å². The fraction of sp³-hybridized carbons (Fsp3) is 0.833. The lowest BCUT2D eigenvalue weighted by Crippen LogP contribution is -2.26. The second-order valence-corrected chi connectivity index (χ2v) is 3.71. The molecule has 0 atom stereocenters. The van der Waals surface area contributed by atoms with Crippen LogP contribution >= 0.6 is 0 Å². The van der Waals surface area contributed by atoms with Crippen molar-refractivity contribution in [2.75, 3.05) is 26.2 Å². The van der Waals surface area contributed by atoms with Crippen LogP contribution in [0.5, 0.6) is 0 Å². The topological polar surface area (TPSA) is 32.7 Å². The number of aliphatic imine (C=N–C) groups is 1. The zero-order valence-electron chi connectivity index (χ0n) is 10.5. The van der Waals surface area contributed by atoms with Gasteiger partial charge in [-0.25, -0.2) is 0 Å². The lowest BCUT2D eigenvalue weighted by Gasteiger charge is -2.16. The molecule has 15 heavy (non-hydrogen) atoms. The molecule has 0 N–H and O–H groups in total. The minimum Gasteiger partial charge on any atom is -0.302 e. The van der Waals surface area contributed by atoms with Gasteiger partial charge in [-0.3, -0.25) is 9.79 Å². The van der Waals surface area contributed by atoms with Gasteiger partial charge in [0.05, 0.1) is 6.54 Å². The summed E-state index contributed by atoms with van der Waals surface area (Å²) < 4.78 is 0. The summed E-state index contributed by atoms with van der Waals surface area (Å²) in [6.07, 6.45) is 1.14. The zero-order valence-corrected chi connectivity index (χ0v) is 10.5. The van der Waals surface area contributed by atoms with E-state index in [0.29, 0.717) is 12.8 Å². The van der Waals surface area contributed by atoms with E-state index in [1.54, 1.807) is 0 Å². The molecule has 0 heterocycles. The van der Waals surface area contributed by atoms with Gasteiger partial charge in [-0.15, -0.1) is 0 Å². The summed E-state index contributed by atoms with van der Waals surface area (Å²) in [5.74, 6) is 0.277. The summed E-state index contributed by atoms with van der Waals surface area (Å²) in [6, 6.07) is 0. The van der Waals surface area contributed by atoms with E-state index in [-0.39, 0.29) is 5.78 Å². The Morgan fingerprint density at radius 1 is 1.20 bits per heavy atom. The number of Topliss-reactive ketones (excluding diaryl/α,β-unsaturated/α-hetero) is 1. The van der Waals surface area contributed by atoms with Crippen LogP contribution in [0.4, 0.5) is 0 Å². The Morgan fingerprint density at radius 3 is 2.27 bits per heavy atom. The van der Waals surface area contributed by atoms with Gasteiger partial charge in [-0.2, -0.15) is 0 Å². The minimum atomic E-state index is 0.277. The highest BCUT2D eigenvalue weighted by Crippen LogP contribution is 1.94. The maximum absolute atomic E-state index is 11.1. The van der Waals surface area contributed by atoms with Crippen LogP contribution in [-0.4, -0.2) is 42.6 Å². The summed E-state index contributed by atoms with van der Waals surface area (Å²) >= 11 is 0. The molecular formula is C12H24N2O. The molecule has 0 aromatic heterocycles. The van der Waals surface area contributed by atoms with Crippen molar-refractivity contribution < 1.29 is 4.79 Å². The van der Waals surface area contributed by atoms with Crippen LogP contribution in [0.25, 0.3) is 0 Å². The van der Waals surface area contributed by atoms with Crippen molar-refractivity contribution >= 4 is 11.5 Å². The molecule has 0 rings (SSSR count). The maximum atomic E-state index is 11.1. The molecule has 0 amide bonds. The van der Waals surface area contributed by atoms with Crippen LogP contribution < -0.4 is 0 Å². The van der Waals surface area contributed by atoms with E-state index in [2.05, 4.69) is 23.7 Å². The summed E-state index contributed by atoms with van der Waals surface area (Å²) in [5, 5.41) is 0. The van der Waals surface area contributed by atoms with E-state index >= 15 is 0 Å². The zero-order chi connectivity index (χ0) is 11.7. The Hall–Kier alpha value is -0.700. The third-order valence-electron chi connectivity index (χ3n) is 2.54. The van der Waals surface area contributed by atoms with Gasteiger partial charge in [0.25, 0.3) is 0 Å². The number of hydrogen-bond donors (Lipinski definition) is 0. The SMILES string of the molecule is CCC(=O)CC(C)=NCCN(CC)CC. The number of ketones is 1. The van der Waals surface area contributed by atoms with E-state index in [4.69, 9.17) is 0 Å². The van der Waals surface area contributed by atoms with Crippen LogP contribution in [0.3, 0.4) is 0 Å². The highest BCUT2D eigenvalue weighted by atomic mass is 16.1. The van der Waals surface area contributed by atoms with Crippen LogP contribution in [0, 0.1) is 0 Å². The van der Waals surface area contributed by atoms with Gasteiger partial charge in [0.15, 0.2) is 0 Å². The molecule has 3 heteroatoms. The van der Waals surface area contributed by atoms with E-state index in [9.17, 15) is 4.79 Å². The van der Waals surface area contributed by atoms with Gasteiger partial charge < -0.3 is 4.90 Å². The summed E-state index contributed by atoms with van der Waals surface area (Å²) in [4.78, 5) is 17.9. The number of hydrogen-bond acceptors (Lipinski definition) is 3. The second kappa shape index (κ2) is 8.60. The minimum absolute atomic E-state index is 0.277. The number of likely N-dealkylation sites (N-methyl/N-ethyl adjacent to an activating group) is 1. The molecule has 0 aliphatic heterocycles. The van der Waals surface area contributed by atoms with Gasteiger partial charge in [-0.1, -0.05) is 20.8 Å². The van der Waals surface area contributed by atoms with E-state index in [1.807, 2.05) is 13.8 Å². The van der Waals surface area contributed by atoms with Crippen molar-refractivity contribution in [2.24, 2.45) is 4.99 Å². The molecular weight excluding hydrogens is 188 g/mol. The van der Waals surface area contributed by atoms with Crippen LogP contribution in [0.2, 0.25) is 0 Å². The van der Waals surface area contributed by atoms with E-state index < -0.39 is 0 Å². The van der Waals surface area contributed by atoms with Gasteiger partial charge in [-0.05, 0) is 20.0 Å². The monoisotopic (exact) mass is 212 g/mol. The molecule has 0 aromatic rings. The first-order chi connectivity index (χ1) is 7.13. The van der Waals surface area contributed by atoms with Gasteiger partial charge in [0, 0.05) is 25.1 Å². The Bertz CT molecular complexity index is 208. The maximum Gasteiger partial charge on any atom is 0.138 e. The van der Waals surface area contributed by atoms with Gasteiger partial charge in [0.2, 0.25) is 0 Å². The van der Waals surface area contributed by atoms with Crippen LogP contribution in [-0.2, 0) is 4.79 Å². The van der Waals surface area contributed by atoms with Crippen molar-refractivity contribution in [3.05, 3.63) is 0 Å². The molecule has 0 unspecified atom stereocenters. The fourth-order valence-electron chi connectivity index (χ4n) is 1.39. The summed E-state index contributed by atoms with van der Waals surface area (Å²) in [7, 11) is 0. The Balaban J connectivity index is 3.79. The lowest BCUT2D eigenvalue weighted by atomic mass is 10.2. The molecule has 3 nitrogen and oxygen atoms in total. The standard InChI is InChI=1S/C12H24N2O/c1-5-12(15)10-11(4)13-8-9-14(6-2)7-3/h5-10H2,1-4H3. The first-order valence-electron chi connectivity index (χ1n) is 5.87. The normalized spacial score (nSPS) is 12.2. The fourth-order valence-corrected chi connectivity index (χ4v) is 1.39. The van der Waals surface area contributed by atoms with E-state index in [0.717, 1.165) is 31.9 Å². The quantitative estimate of drug-likeness (QED) is 0.578. The molecule has 0 saturated carbocycles. The first-order valence-corrected chi connectivity index (χ1v) is 5.87. The van der Waals surface area contributed by atoms with Crippen molar-refractivity contribution in [2.45, 2.75) is 40.5 Å². The van der Waals surface area contributed by atoms with Crippen LogP contribution in [0.1, 0.15) is 40.5 Å². The predicted molar refractivity (Wildman–Crippen MR) is 65.7 cm³/mol. The number of rotatable bonds is 8. The molecule has 0 fully saturated rings. The number of nitrogens with zero attached hydrogens (tertiary/aromatic N) is 2. The third kappa shape index (κ3) is 7.25. The average molecular weight is 212 g/mol. The second-order valence-electron chi connectivity index (χ2n) is 3.71. The summed E-state index contributed by atoms with van der Waals surface area (Å²) in [6.45, 7) is 12.1. The Morgan fingerprint density at radius 2 is 1.80 bits per heavy atom. The van der Waals surface area contributed by atoms with Crippen molar-refractivity contribution in [3.63, 3.8) is 0 Å². The van der Waals surface area contributed by atoms with Crippen LogP contribution in [0.15, 0.2) is 4.99 Å². The Kier molecular flexibility index (Phi) is 8.19. The molecule has 0 radical (unpaired) electrons. The predicted octanol–water partition coefficient (Wildman–Crippen LogP) is 2.16. The molecule has 0 aliphatic carbocycles. The molecule has 0 aliphatic rings. The number of carbonyl (C=O) groups excluding carboxylic acids is 1. The average Bonchev–Trinajstić information content (AvgIpc) is 2.24. The van der Waals surface area contributed by atoms with Crippen molar-refractivity contribution in [3.8, 4) is 0 Å². The largest absolute Gasteiger partial charge is 0.302 e. The van der Waals surface area contributed by atoms with Crippen molar-refractivity contribution in [1.29, 1.82) is 0 Å². The lowest BCUT2D eigenvalue weighted by molar-refractivity contribution is -0.117. The highest BCUT2D eigenvalue weighted by Gasteiger charge is 2.01. The van der Waals surface area contributed by atoms with E-state index in [1.165, 1.54) is 0 Å². The first kappa shape index (κ1) is 14.3. The third-order valence-corrected chi connectivity index (χ3v) is 2.54. The van der Waals surface area contributed by atoms with Crippen molar-refractivity contribution in [1.82, 2.24) is 4.90 Å². The summed E-state index contributed by atoms with van der Waals surface area (Å²) in [5.41, 5.74) is 0.967. The molecule has 0 bridgehead atoms.